The summed E-state index contributed by atoms with van der Waals surface area (Å²) in [4.78, 5) is 7.00. The van der Waals surface area contributed by atoms with Crippen LogP contribution in [0.2, 0.25) is 0 Å². The number of fused-ring (bicyclic) bond motifs is 3. The zero-order chi connectivity index (χ0) is 13.4. The smallest absolute Gasteiger partial charge is 0.0801 e. The molecule has 0 saturated carbocycles. The molecule has 1 aromatic heterocycles. The first-order chi connectivity index (χ1) is 9.93. The first kappa shape index (κ1) is 11.7. The van der Waals surface area contributed by atoms with E-state index in [0.29, 0.717) is 0 Å². The van der Waals surface area contributed by atoms with Crippen LogP contribution in [0, 0.1) is 0 Å². The second kappa shape index (κ2) is 4.76. The van der Waals surface area contributed by atoms with E-state index in [4.69, 9.17) is 4.74 Å². The van der Waals surface area contributed by atoms with Gasteiger partial charge in [-0.05, 0) is 11.5 Å². The van der Waals surface area contributed by atoms with Gasteiger partial charge in [-0.3, -0.25) is 4.98 Å². The molecule has 2 aromatic carbocycles. The summed E-state index contributed by atoms with van der Waals surface area (Å²) < 4.78 is 5.45. The minimum atomic E-state index is 0.803. The van der Waals surface area contributed by atoms with Crippen molar-refractivity contribution >= 4 is 27.4 Å². The van der Waals surface area contributed by atoms with Gasteiger partial charge in [-0.1, -0.05) is 36.4 Å². The molecule has 0 N–H and O–H groups in total. The number of morpholine rings is 1. The molecule has 20 heavy (non-hydrogen) atoms. The van der Waals surface area contributed by atoms with E-state index in [2.05, 4.69) is 52.3 Å². The van der Waals surface area contributed by atoms with Gasteiger partial charge in [0.05, 0.1) is 18.7 Å². The summed E-state index contributed by atoms with van der Waals surface area (Å²) in [5, 5.41) is 3.69. The van der Waals surface area contributed by atoms with Crippen molar-refractivity contribution in [2.24, 2.45) is 0 Å². The Morgan fingerprint density at radius 1 is 0.900 bits per heavy atom. The molecular formula is C17H16N2O. The second-order valence-electron chi connectivity index (χ2n) is 5.11. The van der Waals surface area contributed by atoms with Crippen LogP contribution < -0.4 is 4.90 Å². The molecule has 3 nitrogen and oxygen atoms in total. The maximum Gasteiger partial charge on any atom is 0.0801 e. The quantitative estimate of drug-likeness (QED) is 0.631. The summed E-state index contributed by atoms with van der Waals surface area (Å²) in [6.45, 7) is 3.51. The van der Waals surface area contributed by atoms with E-state index in [0.717, 1.165) is 31.8 Å². The van der Waals surface area contributed by atoms with Crippen LogP contribution in [0.3, 0.4) is 0 Å². The van der Waals surface area contributed by atoms with Crippen molar-refractivity contribution < 1.29 is 4.74 Å². The van der Waals surface area contributed by atoms with Crippen LogP contribution in [0.5, 0.6) is 0 Å². The van der Waals surface area contributed by atoms with Crippen molar-refractivity contribution in [2.75, 3.05) is 31.2 Å². The maximum absolute atomic E-state index is 5.45. The highest BCUT2D eigenvalue weighted by atomic mass is 16.5. The van der Waals surface area contributed by atoms with Crippen LogP contribution in [0.25, 0.3) is 21.7 Å². The highest BCUT2D eigenvalue weighted by molar-refractivity contribution is 6.09. The van der Waals surface area contributed by atoms with Crippen molar-refractivity contribution in [3.63, 3.8) is 0 Å². The highest BCUT2D eigenvalue weighted by Gasteiger charge is 2.14. The van der Waals surface area contributed by atoms with Crippen molar-refractivity contribution in [1.82, 2.24) is 4.98 Å². The fourth-order valence-electron chi connectivity index (χ4n) is 2.95. The lowest BCUT2D eigenvalue weighted by Gasteiger charge is -2.29. The molecule has 1 aliphatic rings. The Bertz CT molecular complexity index is 763. The zero-order valence-corrected chi connectivity index (χ0v) is 11.2. The Balaban J connectivity index is 1.96. The number of anilines is 1. The molecule has 0 amide bonds. The van der Waals surface area contributed by atoms with Gasteiger partial charge in [-0.25, -0.2) is 0 Å². The van der Waals surface area contributed by atoms with Gasteiger partial charge in [0.2, 0.25) is 0 Å². The number of ether oxygens (including phenoxy) is 1. The van der Waals surface area contributed by atoms with Gasteiger partial charge < -0.3 is 9.64 Å². The Morgan fingerprint density at radius 3 is 2.65 bits per heavy atom. The number of aromatic nitrogens is 1. The Morgan fingerprint density at radius 2 is 1.75 bits per heavy atom. The first-order valence-corrected chi connectivity index (χ1v) is 7.03. The SMILES string of the molecule is c1ccc2c(c1)ccc1c(N3CCOCC3)ccnc12. The van der Waals surface area contributed by atoms with E-state index in [-0.39, 0.29) is 0 Å². The summed E-state index contributed by atoms with van der Waals surface area (Å²) in [6.07, 6.45) is 1.92. The van der Waals surface area contributed by atoms with Crippen molar-refractivity contribution in [2.45, 2.75) is 0 Å². The zero-order valence-electron chi connectivity index (χ0n) is 11.2. The molecule has 1 saturated heterocycles. The van der Waals surface area contributed by atoms with Crippen molar-refractivity contribution in [1.29, 1.82) is 0 Å². The molecule has 0 aliphatic carbocycles. The number of rotatable bonds is 1. The Kier molecular flexibility index (Phi) is 2.78. The third-order valence-corrected chi connectivity index (χ3v) is 3.96. The van der Waals surface area contributed by atoms with Gasteiger partial charge in [-0.15, -0.1) is 0 Å². The van der Waals surface area contributed by atoms with Gasteiger partial charge in [0.1, 0.15) is 0 Å². The molecule has 3 aromatic rings. The molecule has 3 heteroatoms. The van der Waals surface area contributed by atoms with E-state index in [1.165, 1.54) is 21.8 Å². The molecule has 100 valence electrons. The number of nitrogens with zero attached hydrogens (tertiary/aromatic N) is 2. The van der Waals surface area contributed by atoms with Crippen LogP contribution in [0.4, 0.5) is 5.69 Å². The lowest BCUT2D eigenvalue weighted by molar-refractivity contribution is 0.123. The third kappa shape index (κ3) is 1.82. The fraction of sp³-hybridized carbons (Fsp3) is 0.235. The summed E-state index contributed by atoms with van der Waals surface area (Å²) in [5.74, 6) is 0. The normalized spacial score (nSPS) is 15.9. The van der Waals surface area contributed by atoms with Gasteiger partial charge >= 0.3 is 0 Å². The van der Waals surface area contributed by atoms with Gasteiger partial charge in [0.25, 0.3) is 0 Å². The summed E-state index contributed by atoms with van der Waals surface area (Å²) >= 11 is 0. The molecule has 0 bridgehead atoms. The first-order valence-electron chi connectivity index (χ1n) is 7.03. The molecule has 0 atom stereocenters. The van der Waals surface area contributed by atoms with Crippen molar-refractivity contribution in [3.05, 3.63) is 48.7 Å². The lowest BCUT2D eigenvalue weighted by Crippen LogP contribution is -2.36. The number of hydrogen-bond acceptors (Lipinski definition) is 3. The third-order valence-electron chi connectivity index (χ3n) is 3.96. The predicted octanol–water partition coefficient (Wildman–Crippen LogP) is 3.22. The van der Waals surface area contributed by atoms with Crippen molar-refractivity contribution in [3.8, 4) is 0 Å². The number of benzene rings is 2. The van der Waals surface area contributed by atoms with E-state index in [9.17, 15) is 0 Å². The van der Waals surface area contributed by atoms with Gasteiger partial charge in [-0.2, -0.15) is 0 Å². The Hall–Kier alpha value is -2.13. The standard InChI is InChI=1S/C17H16N2O/c1-2-4-14-13(3-1)5-6-15-16(7-8-18-17(14)15)19-9-11-20-12-10-19/h1-8H,9-12H2. The molecule has 0 radical (unpaired) electrons. The molecule has 0 spiro atoms. The van der Waals surface area contributed by atoms with E-state index >= 15 is 0 Å². The average Bonchev–Trinajstić information content (AvgIpc) is 2.55. The molecule has 1 aliphatic heterocycles. The molecule has 4 rings (SSSR count). The van der Waals surface area contributed by atoms with E-state index < -0.39 is 0 Å². The molecular weight excluding hydrogens is 248 g/mol. The topological polar surface area (TPSA) is 25.4 Å². The lowest BCUT2D eigenvalue weighted by atomic mass is 10.0. The molecule has 0 unspecified atom stereocenters. The minimum absolute atomic E-state index is 0.803. The van der Waals surface area contributed by atoms with Crippen LogP contribution in [-0.2, 0) is 4.74 Å². The van der Waals surface area contributed by atoms with Crippen LogP contribution in [0.1, 0.15) is 0 Å². The van der Waals surface area contributed by atoms with Crippen LogP contribution in [-0.4, -0.2) is 31.3 Å². The molecule has 1 fully saturated rings. The second-order valence-corrected chi connectivity index (χ2v) is 5.11. The monoisotopic (exact) mass is 264 g/mol. The van der Waals surface area contributed by atoms with E-state index in [1.807, 2.05) is 6.20 Å². The largest absolute Gasteiger partial charge is 0.378 e. The van der Waals surface area contributed by atoms with E-state index in [1.54, 1.807) is 0 Å². The maximum atomic E-state index is 5.45. The summed E-state index contributed by atoms with van der Waals surface area (Å²) in [7, 11) is 0. The fourth-order valence-corrected chi connectivity index (χ4v) is 2.95. The summed E-state index contributed by atoms with van der Waals surface area (Å²) in [5.41, 5.74) is 2.36. The van der Waals surface area contributed by atoms with Gasteiger partial charge in [0.15, 0.2) is 0 Å². The number of hydrogen-bond donors (Lipinski definition) is 0. The van der Waals surface area contributed by atoms with Gasteiger partial charge in [0, 0.05) is 35.7 Å². The minimum Gasteiger partial charge on any atom is -0.378 e. The molecule has 2 heterocycles. The predicted molar refractivity (Wildman–Crippen MR) is 82.3 cm³/mol. The van der Waals surface area contributed by atoms with Crippen LogP contribution in [0.15, 0.2) is 48.7 Å². The highest BCUT2D eigenvalue weighted by Crippen LogP contribution is 2.30. The Labute approximate surface area is 117 Å². The average molecular weight is 264 g/mol. The number of pyridine rings is 1. The summed E-state index contributed by atoms with van der Waals surface area (Å²) in [6, 6.07) is 14.9. The van der Waals surface area contributed by atoms with Crippen LogP contribution >= 0.6 is 0 Å².